The minimum atomic E-state index is 0.220. The van der Waals surface area contributed by atoms with Gasteiger partial charge in [-0.05, 0) is 30.2 Å². The Morgan fingerprint density at radius 2 is 1.85 bits per heavy atom. The van der Waals surface area contributed by atoms with E-state index in [1.807, 2.05) is 24.3 Å². The lowest BCUT2D eigenvalue weighted by Crippen LogP contribution is -2.18. The maximum atomic E-state index is 6.23. The van der Waals surface area contributed by atoms with Gasteiger partial charge in [0.15, 0.2) is 0 Å². The molecule has 1 heterocycles. The van der Waals surface area contributed by atoms with Crippen LogP contribution < -0.4 is 5.32 Å². The maximum Gasteiger partial charge on any atom is 0.0457 e. The molecule has 2 nitrogen and oxygen atoms in total. The largest absolute Gasteiger partial charge is 0.361 e. The number of aromatic nitrogens is 1. The highest BCUT2D eigenvalue weighted by Gasteiger charge is 2.09. The number of benzene rings is 2. The molecule has 1 aromatic heterocycles. The average molecular weight is 285 g/mol. The molecule has 0 saturated carbocycles. The lowest BCUT2D eigenvalue weighted by atomic mass is 10.1. The topological polar surface area (TPSA) is 27.8 Å². The summed E-state index contributed by atoms with van der Waals surface area (Å²) in [6.07, 6.45) is 2.07. The molecule has 0 radical (unpaired) electrons. The van der Waals surface area contributed by atoms with E-state index < -0.39 is 0 Å². The molecule has 0 amide bonds. The molecule has 0 saturated heterocycles. The van der Waals surface area contributed by atoms with Crippen LogP contribution in [0.2, 0.25) is 5.02 Å². The number of rotatable bonds is 4. The van der Waals surface area contributed by atoms with Crippen LogP contribution >= 0.6 is 11.6 Å². The van der Waals surface area contributed by atoms with Gasteiger partial charge >= 0.3 is 0 Å². The standard InChI is InChI=1S/C17H17ClN2/c1-12(14-6-2-4-8-16(14)18)19-10-13-11-20-17-9-5-3-7-15(13)17/h2-9,11-12,19-20H,10H2,1H3. The quantitative estimate of drug-likeness (QED) is 0.716. The molecule has 3 heteroatoms. The number of para-hydroxylation sites is 1. The summed E-state index contributed by atoms with van der Waals surface area (Å²) < 4.78 is 0. The molecule has 2 N–H and O–H groups in total. The number of H-pyrrole nitrogens is 1. The molecule has 0 spiro atoms. The molecule has 0 aliphatic carbocycles. The van der Waals surface area contributed by atoms with E-state index >= 15 is 0 Å². The molecule has 20 heavy (non-hydrogen) atoms. The van der Waals surface area contributed by atoms with Crippen LogP contribution in [0.1, 0.15) is 24.1 Å². The molecule has 3 aromatic rings. The van der Waals surface area contributed by atoms with Crippen molar-refractivity contribution in [1.29, 1.82) is 0 Å². The fourth-order valence-corrected chi connectivity index (χ4v) is 2.78. The Labute approximate surface area is 123 Å². The second-order valence-corrected chi connectivity index (χ2v) is 5.39. The van der Waals surface area contributed by atoms with Gasteiger partial charge in [-0.2, -0.15) is 0 Å². The average Bonchev–Trinajstić information content (AvgIpc) is 2.88. The highest BCUT2D eigenvalue weighted by molar-refractivity contribution is 6.31. The Hall–Kier alpha value is -1.77. The summed E-state index contributed by atoms with van der Waals surface area (Å²) in [7, 11) is 0. The number of hydrogen-bond donors (Lipinski definition) is 2. The van der Waals surface area contributed by atoms with Gasteiger partial charge in [0.05, 0.1) is 0 Å². The number of aromatic amines is 1. The van der Waals surface area contributed by atoms with Crippen molar-refractivity contribution in [2.75, 3.05) is 0 Å². The highest BCUT2D eigenvalue weighted by atomic mass is 35.5. The number of halogens is 1. The predicted octanol–water partition coefficient (Wildman–Crippen LogP) is 4.67. The van der Waals surface area contributed by atoms with E-state index in [9.17, 15) is 0 Å². The van der Waals surface area contributed by atoms with Gasteiger partial charge in [0, 0.05) is 34.7 Å². The second-order valence-electron chi connectivity index (χ2n) is 4.98. The van der Waals surface area contributed by atoms with Gasteiger partial charge in [-0.25, -0.2) is 0 Å². The van der Waals surface area contributed by atoms with E-state index in [1.54, 1.807) is 0 Å². The van der Waals surface area contributed by atoms with Crippen LogP contribution in [0.5, 0.6) is 0 Å². The normalized spacial score (nSPS) is 12.7. The number of hydrogen-bond acceptors (Lipinski definition) is 1. The van der Waals surface area contributed by atoms with E-state index in [1.165, 1.54) is 16.5 Å². The van der Waals surface area contributed by atoms with Crippen LogP contribution in [0.15, 0.2) is 54.7 Å². The van der Waals surface area contributed by atoms with Gasteiger partial charge in [-0.3, -0.25) is 0 Å². The van der Waals surface area contributed by atoms with Crippen molar-refractivity contribution >= 4 is 22.5 Å². The zero-order valence-electron chi connectivity index (χ0n) is 11.4. The molecule has 102 valence electrons. The van der Waals surface area contributed by atoms with E-state index in [4.69, 9.17) is 11.6 Å². The first-order chi connectivity index (χ1) is 9.75. The molecule has 0 aliphatic heterocycles. The summed E-state index contributed by atoms with van der Waals surface area (Å²) in [4.78, 5) is 3.30. The van der Waals surface area contributed by atoms with E-state index in [0.29, 0.717) is 0 Å². The van der Waals surface area contributed by atoms with Gasteiger partial charge in [-0.15, -0.1) is 0 Å². The summed E-state index contributed by atoms with van der Waals surface area (Å²) >= 11 is 6.23. The van der Waals surface area contributed by atoms with Gasteiger partial charge < -0.3 is 10.3 Å². The van der Waals surface area contributed by atoms with E-state index in [2.05, 4.69) is 47.7 Å². The molecule has 0 fully saturated rings. The summed E-state index contributed by atoms with van der Waals surface area (Å²) in [6, 6.07) is 16.5. The Bertz CT molecular complexity index is 718. The summed E-state index contributed by atoms with van der Waals surface area (Å²) in [6.45, 7) is 2.95. The first-order valence-corrected chi connectivity index (χ1v) is 7.16. The lowest BCUT2D eigenvalue weighted by molar-refractivity contribution is 0.576. The first-order valence-electron chi connectivity index (χ1n) is 6.78. The van der Waals surface area contributed by atoms with Crippen LogP contribution in [0.3, 0.4) is 0 Å². The molecule has 1 atom stereocenters. The third-order valence-corrected chi connectivity index (χ3v) is 3.99. The fourth-order valence-electron chi connectivity index (χ4n) is 2.48. The van der Waals surface area contributed by atoms with Gasteiger partial charge in [0.2, 0.25) is 0 Å². The zero-order valence-corrected chi connectivity index (χ0v) is 12.1. The molecule has 0 aliphatic rings. The van der Waals surface area contributed by atoms with Crippen molar-refractivity contribution in [1.82, 2.24) is 10.3 Å². The van der Waals surface area contributed by atoms with Crippen LogP contribution in [-0.4, -0.2) is 4.98 Å². The van der Waals surface area contributed by atoms with Gasteiger partial charge in [0.1, 0.15) is 0 Å². The Morgan fingerprint density at radius 3 is 2.70 bits per heavy atom. The summed E-state index contributed by atoms with van der Waals surface area (Å²) in [5.74, 6) is 0. The van der Waals surface area contributed by atoms with Crippen molar-refractivity contribution in [2.45, 2.75) is 19.5 Å². The van der Waals surface area contributed by atoms with Crippen molar-refractivity contribution in [3.8, 4) is 0 Å². The predicted molar refractivity (Wildman–Crippen MR) is 85.0 cm³/mol. The molecule has 3 rings (SSSR count). The molecular weight excluding hydrogens is 268 g/mol. The molecular formula is C17H17ClN2. The maximum absolute atomic E-state index is 6.23. The SMILES string of the molecule is CC(NCc1c[nH]c2ccccc12)c1ccccc1Cl. The van der Waals surface area contributed by atoms with Crippen LogP contribution in [0.4, 0.5) is 0 Å². The van der Waals surface area contributed by atoms with Gasteiger partial charge in [-0.1, -0.05) is 48.0 Å². The molecule has 0 bridgehead atoms. The van der Waals surface area contributed by atoms with Crippen LogP contribution in [0, 0.1) is 0 Å². The van der Waals surface area contributed by atoms with Crippen molar-refractivity contribution in [2.24, 2.45) is 0 Å². The molecule has 1 unspecified atom stereocenters. The monoisotopic (exact) mass is 284 g/mol. The van der Waals surface area contributed by atoms with E-state index in [-0.39, 0.29) is 6.04 Å². The Balaban J connectivity index is 1.75. The van der Waals surface area contributed by atoms with Crippen LogP contribution in [-0.2, 0) is 6.54 Å². The number of nitrogens with one attached hydrogen (secondary N) is 2. The summed E-state index contributed by atoms with van der Waals surface area (Å²) in [5, 5.41) is 5.61. The minimum Gasteiger partial charge on any atom is -0.361 e. The Kier molecular flexibility index (Phi) is 3.77. The second kappa shape index (κ2) is 5.70. The third-order valence-electron chi connectivity index (χ3n) is 3.65. The van der Waals surface area contributed by atoms with Crippen molar-refractivity contribution in [3.63, 3.8) is 0 Å². The third kappa shape index (κ3) is 2.58. The van der Waals surface area contributed by atoms with Gasteiger partial charge in [0.25, 0.3) is 0 Å². The Morgan fingerprint density at radius 1 is 1.10 bits per heavy atom. The van der Waals surface area contributed by atoms with Crippen molar-refractivity contribution < 1.29 is 0 Å². The minimum absolute atomic E-state index is 0.220. The fraction of sp³-hybridized carbons (Fsp3) is 0.176. The first kappa shape index (κ1) is 13.2. The lowest BCUT2D eigenvalue weighted by Gasteiger charge is -2.15. The molecule has 2 aromatic carbocycles. The summed E-state index contributed by atoms with van der Waals surface area (Å²) in [5.41, 5.74) is 3.59. The highest BCUT2D eigenvalue weighted by Crippen LogP contribution is 2.23. The van der Waals surface area contributed by atoms with Crippen LogP contribution in [0.25, 0.3) is 10.9 Å². The zero-order chi connectivity index (χ0) is 13.9. The number of fused-ring (bicyclic) bond motifs is 1. The smallest absolute Gasteiger partial charge is 0.0457 e. The van der Waals surface area contributed by atoms with Crippen molar-refractivity contribution in [3.05, 3.63) is 70.9 Å². The van der Waals surface area contributed by atoms with E-state index in [0.717, 1.165) is 17.1 Å².